The summed E-state index contributed by atoms with van der Waals surface area (Å²) in [5.41, 5.74) is 2.70. The van der Waals surface area contributed by atoms with E-state index in [2.05, 4.69) is 15.5 Å². The maximum absolute atomic E-state index is 12.4. The molecule has 0 saturated heterocycles. The fraction of sp³-hybridized carbons (Fsp3) is 0.286. The van der Waals surface area contributed by atoms with Gasteiger partial charge in [-0.3, -0.25) is 14.5 Å². The monoisotopic (exact) mass is 444 g/mol. The van der Waals surface area contributed by atoms with Crippen LogP contribution in [0.25, 0.3) is 11.4 Å². The van der Waals surface area contributed by atoms with Gasteiger partial charge in [-0.15, -0.1) is 0 Å². The summed E-state index contributed by atoms with van der Waals surface area (Å²) in [6, 6.07) is 16.8. The Labute approximate surface area is 181 Å². The third kappa shape index (κ3) is 6.11. The number of hydrogen-bond acceptors (Lipinski definition) is 5. The molecule has 0 aliphatic carbocycles. The van der Waals surface area contributed by atoms with E-state index in [9.17, 15) is 13.2 Å². The molecule has 0 bridgehead atoms. The first-order chi connectivity index (χ1) is 14.3. The van der Waals surface area contributed by atoms with Crippen molar-refractivity contribution in [3.63, 3.8) is 0 Å². The van der Waals surface area contributed by atoms with E-state index in [1.54, 1.807) is 16.7 Å². The molecule has 0 aliphatic heterocycles. The Morgan fingerprint density at radius 3 is 2.67 bits per heavy atom. The fourth-order valence-corrected chi connectivity index (χ4v) is 4.71. The van der Waals surface area contributed by atoms with Crippen molar-refractivity contribution in [3.05, 3.63) is 70.5 Å². The van der Waals surface area contributed by atoms with Crippen LogP contribution in [0.1, 0.15) is 17.5 Å². The molecule has 9 heteroatoms. The van der Waals surface area contributed by atoms with E-state index in [1.165, 1.54) is 0 Å². The lowest BCUT2D eigenvalue weighted by Gasteiger charge is -2.09. The minimum Gasteiger partial charge on any atom is -0.355 e. The van der Waals surface area contributed by atoms with Crippen LogP contribution in [0.2, 0.25) is 0 Å². The number of H-pyrrole nitrogens is 1. The highest BCUT2D eigenvalue weighted by Gasteiger charge is 2.14. The van der Waals surface area contributed by atoms with Crippen LogP contribution in [-0.2, 0) is 26.9 Å². The van der Waals surface area contributed by atoms with Gasteiger partial charge in [-0.05, 0) is 37.2 Å². The van der Waals surface area contributed by atoms with E-state index >= 15 is 0 Å². The van der Waals surface area contributed by atoms with Crippen molar-refractivity contribution in [2.45, 2.75) is 25.6 Å². The number of nitrogens with zero attached hydrogens (tertiary/aromatic N) is 2. The van der Waals surface area contributed by atoms with Gasteiger partial charge in [0, 0.05) is 12.1 Å². The zero-order valence-corrected chi connectivity index (χ0v) is 18.3. The van der Waals surface area contributed by atoms with E-state index in [1.807, 2.05) is 49.4 Å². The summed E-state index contributed by atoms with van der Waals surface area (Å²) < 4.78 is 26.4. The molecule has 0 spiro atoms. The van der Waals surface area contributed by atoms with Gasteiger partial charge in [-0.1, -0.05) is 54.1 Å². The van der Waals surface area contributed by atoms with Crippen LogP contribution in [0, 0.1) is 11.7 Å². The average Bonchev–Trinajstić information content (AvgIpc) is 3.06. The zero-order valence-electron chi connectivity index (χ0n) is 16.7. The Balaban J connectivity index is 1.52. The molecule has 0 saturated carbocycles. The molecular formula is C21H24N4O3S2. The van der Waals surface area contributed by atoms with Gasteiger partial charge < -0.3 is 5.32 Å². The molecule has 1 amide bonds. The normalized spacial score (nSPS) is 11.4. The molecule has 7 nitrogen and oxygen atoms in total. The summed E-state index contributed by atoms with van der Waals surface area (Å²) in [7, 11) is -3.22. The molecule has 3 aromatic rings. The van der Waals surface area contributed by atoms with Gasteiger partial charge in [-0.25, -0.2) is 8.42 Å². The molecule has 2 N–H and O–H groups in total. The Hall–Kier alpha value is -2.78. The van der Waals surface area contributed by atoms with Crippen LogP contribution < -0.4 is 5.32 Å². The summed E-state index contributed by atoms with van der Waals surface area (Å²) in [4.78, 5) is 12.4. The van der Waals surface area contributed by atoms with Crippen LogP contribution in [0.3, 0.4) is 0 Å². The highest BCUT2D eigenvalue weighted by Crippen LogP contribution is 2.18. The van der Waals surface area contributed by atoms with Crippen LogP contribution in [0.5, 0.6) is 0 Å². The number of aromatic amines is 1. The minimum absolute atomic E-state index is 0.00577. The molecular weight excluding hydrogens is 420 g/mol. The maximum atomic E-state index is 12.4. The Bertz CT molecular complexity index is 1170. The molecule has 158 valence electrons. The van der Waals surface area contributed by atoms with E-state index in [0.717, 1.165) is 16.7 Å². The molecule has 0 unspecified atom stereocenters. The largest absolute Gasteiger partial charge is 0.355 e. The third-order valence-electron chi connectivity index (χ3n) is 4.52. The van der Waals surface area contributed by atoms with E-state index < -0.39 is 9.84 Å². The number of benzene rings is 2. The second-order valence-electron chi connectivity index (χ2n) is 7.09. The highest BCUT2D eigenvalue weighted by molar-refractivity contribution is 7.90. The van der Waals surface area contributed by atoms with Crippen molar-refractivity contribution in [2.24, 2.45) is 0 Å². The molecule has 1 heterocycles. The summed E-state index contributed by atoms with van der Waals surface area (Å²) in [6.07, 6.45) is 0.350. The summed E-state index contributed by atoms with van der Waals surface area (Å²) in [5.74, 6) is 0.361. The number of carbonyl (C=O) groups excluding carboxylic acids is 1. The average molecular weight is 445 g/mol. The topological polar surface area (TPSA) is 96.8 Å². The molecule has 30 heavy (non-hydrogen) atoms. The molecule has 0 atom stereocenters. The first kappa shape index (κ1) is 21.9. The fourth-order valence-electron chi connectivity index (χ4n) is 3.09. The van der Waals surface area contributed by atoms with Crippen molar-refractivity contribution < 1.29 is 13.2 Å². The van der Waals surface area contributed by atoms with Crippen molar-refractivity contribution in [3.8, 4) is 11.4 Å². The number of sulfone groups is 1. The van der Waals surface area contributed by atoms with Crippen LogP contribution in [0.15, 0.2) is 54.6 Å². The minimum atomic E-state index is -3.22. The molecule has 0 radical (unpaired) electrons. The van der Waals surface area contributed by atoms with E-state index in [4.69, 9.17) is 12.2 Å². The molecule has 0 aliphatic rings. The summed E-state index contributed by atoms with van der Waals surface area (Å²) in [5, 5.41) is 9.73. The van der Waals surface area contributed by atoms with Gasteiger partial charge in [0.25, 0.3) is 0 Å². The quantitative estimate of drug-likeness (QED) is 0.391. The van der Waals surface area contributed by atoms with Crippen LogP contribution >= 0.6 is 12.2 Å². The maximum Gasteiger partial charge on any atom is 0.240 e. The van der Waals surface area contributed by atoms with E-state index in [0.29, 0.717) is 17.0 Å². The lowest BCUT2D eigenvalue weighted by molar-refractivity contribution is -0.121. The first-order valence-corrected chi connectivity index (χ1v) is 11.8. The lowest BCUT2D eigenvalue weighted by Crippen LogP contribution is -2.29. The number of rotatable bonds is 9. The summed E-state index contributed by atoms with van der Waals surface area (Å²) in [6.45, 7) is 2.26. The second-order valence-corrected chi connectivity index (χ2v) is 9.66. The molecule has 1 aromatic heterocycles. The number of hydrogen-bond donors (Lipinski definition) is 2. The third-order valence-corrected chi connectivity index (χ3v) is 6.52. The van der Waals surface area contributed by atoms with Crippen LogP contribution in [0.4, 0.5) is 0 Å². The van der Waals surface area contributed by atoms with Crippen molar-refractivity contribution in [1.29, 1.82) is 0 Å². The standard InChI is InChI=1S/C21H24N4O3S2/c1-16-7-5-10-18(13-16)20-23-24-21(29)25(20)14-19(26)22-11-6-12-30(27,28)15-17-8-3-2-4-9-17/h2-5,7-10,13H,6,11-12,14-15H2,1H3,(H,22,26)(H,24,29). The predicted octanol–water partition coefficient (Wildman–Crippen LogP) is 3.04. The first-order valence-electron chi connectivity index (χ1n) is 9.57. The Morgan fingerprint density at radius 2 is 1.93 bits per heavy atom. The summed E-state index contributed by atoms with van der Waals surface area (Å²) >= 11 is 5.26. The number of nitrogens with one attached hydrogen (secondary N) is 2. The lowest BCUT2D eigenvalue weighted by atomic mass is 10.1. The van der Waals surface area contributed by atoms with Gasteiger partial charge in [-0.2, -0.15) is 5.10 Å². The number of carbonyl (C=O) groups is 1. The number of aryl methyl sites for hydroxylation is 1. The van der Waals surface area contributed by atoms with Gasteiger partial charge in [0.15, 0.2) is 20.4 Å². The van der Waals surface area contributed by atoms with Crippen molar-refractivity contribution >= 4 is 28.0 Å². The molecule has 2 aromatic carbocycles. The number of amides is 1. The van der Waals surface area contributed by atoms with E-state index in [-0.39, 0.29) is 30.5 Å². The predicted molar refractivity (Wildman–Crippen MR) is 119 cm³/mol. The molecule has 0 fully saturated rings. The Morgan fingerprint density at radius 1 is 1.17 bits per heavy atom. The molecule has 3 rings (SSSR count). The zero-order chi connectivity index (χ0) is 21.6. The number of aromatic nitrogens is 3. The highest BCUT2D eigenvalue weighted by atomic mass is 32.2. The smallest absolute Gasteiger partial charge is 0.240 e. The SMILES string of the molecule is Cc1cccc(-c2n[nH]c(=S)n2CC(=O)NCCCS(=O)(=O)Cc2ccccc2)c1. The van der Waals surface area contributed by atoms with Gasteiger partial charge in [0.1, 0.15) is 6.54 Å². The van der Waals surface area contributed by atoms with Gasteiger partial charge >= 0.3 is 0 Å². The second kappa shape index (κ2) is 9.82. The van der Waals surface area contributed by atoms with Gasteiger partial charge in [0.2, 0.25) is 5.91 Å². The van der Waals surface area contributed by atoms with Gasteiger partial charge in [0.05, 0.1) is 11.5 Å². The van der Waals surface area contributed by atoms with Crippen LogP contribution in [-0.4, -0.2) is 41.4 Å². The Kier molecular flexibility index (Phi) is 7.17. The van der Waals surface area contributed by atoms with Crippen molar-refractivity contribution in [2.75, 3.05) is 12.3 Å². The van der Waals surface area contributed by atoms with Crippen molar-refractivity contribution in [1.82, 2.24) is 20.1 Å².